The average molecular weight is 344 g/mol. The summed E-state index contributed by atoms with van der Waals surface area (Å²) >= 11 is 0. The first kappa shape index (κ1) is 17.3. The van der Waals surface area contributed by atoms with Crippen LogP contribution in [0.2, 0.25) is 0 Å². The first-order valence-electron chi connectivity index (χ1n) is 8.33. The molecule has 0 saturated carbocycles. The minimum Gasteiger partial charge on any atom is -0.376 e. The van der Waals surface area contributed by atoms with E-state index in [0.717, 1.165) is 27.8 Å². The van der Waals surface area contributed by atoms with Gasteiger partial charge in [-0.25, -0.2) is 5.43 Å². The fraction of sp³-hybridized carbons (Fsp3) is 0.143. The highest BCUT2D eigenvalue weighted by molar-refractivity contribution is 6.01. The Morgan fingerprint density at radius 2 is 1.92 bits per heavy atom. The molecule has 0 unspecified atom stereocenters. The first-order valence-corrected chi connectivity index (χ1v) is 8.33. The third-order valence-corrected chi connectivity index (χ3v) is 4.14. The van der Waals surface area contributed by atoms with Gasteiger partial charge in [-0.1, -0.05) is 42.3 Å². The van der Waals surface area contributed by atoms with Gasteiger partial charge >= 0.3 is 0 Å². The molecule has 0 aliphatic rings. The van der Waals surface area contributed by atoms with Crippen molar-refractivity contribution in [2.45, 2.75) is 13.5 Å². The number of carbonyl (C=O) groups excluding carboxylic acids is 1. The van der Waals surface area contributed by atoms with Crippen molar-refractivity contribution in [3.8, 4) is 12.3 Å². The Bertz CT molecular complexity index is 980. The zero-order valence-corrected chi connectivity index (χ0v) is 14.6. The van der Waals surface area contributed by atoms with E-state index in [1.165, 1.54) is 0 Å². The lowest BCUT2D eigenvalue weighted by atomic mass is 10.1. The third kappa shape index (κ3) is 3.76. The number of para-hydroxylation sites is 2. The van der Waals surface area contributed by atoms with Crippen molar-refractivity contribution >= 4 is 28.7 Å². The first-order chi connectivity index (χ1) is 12.7. The van der Waals surface area contributed by atoms with Crippen molar-refractivity contribution in [3.05, 3.63) is 65.9 Å². The van der Waals surface area contributed by atoms with Crippen molar-refractivity contribution in [1.29, 1.82) is 0 Å². The van der Waals surface area contributed by atoms with E-state index >= 15 is 0 Å². The molecule has 5 nitrogen and oxygen atoms in total. The molecule has 3 aromatic rings. The van der Waals surface area contributed by atoms with Gasteiger partial charge in [0.1, 0.15) is 0 Å². The number of fused-ring (bicyclic) bond motifs is 1. The fourth-order valence-electron chi connectivity index (χ4n) is 2.86. The number of hydrazone groups is 1. The lowest BCUT2D eigenvalue weighted by Crippen LogP contribution is -2.25. The SMILES string of the molecule is C#CCn1c(C)c(/C=N\NC(=O)CNc2ccccc2)c2ccccc21. The number of terminal acetylenes is 1. The molecule has 3 rings (SSSR count). The summed E-state index contributed by atoms with van der Waals surface area (Å²) in [6.07, 6.45) is 7.15. The fourth-order valence-corrected chi connectivity index (χ4v) is 2.86. The number of carbonyl (C=O) groups is 1. The Morgan fingerprint density at radius 3 is 2.69 bits per heavy atom. The molecule has 0 bridgehead atoms. The third-order valence-electron chi connectivity index (χ3n) is 4.14. The summed E-state index contributed by atoms with van der Waals surface area (Å²) in [6.45, 7) is 2.64. The van der Waals surface area contributed by atoms with E-state index in [-0.39, 0.29) is 12.5 Å². The number of rotatable bonds is 6. The van der Waals surface area contributed by atoms with Gasteiger partial charge < -0.3 is 9.88 Å². The van der Waals surface area contributed by atoms with Gasteiger partial charge in [-0.2, -0.15) is 5.10 Å². The largest absolute Gasteiger partial charge is 0.376 e. The van der Waals surface area contributed by atoms with E-state index in [4.69, 9.17) is 6.42 Å². The van der Waals surface area contributed by atoms with Crippen LogP contribution < -0.4 is 10.7 Å². The zero-order chi connectivity index (χ0) is 18.4. The molecule has 1 aromatic heterocycles. The summed E-state index contributed by atoms with van der Waals surface area (Å²) in [7, 11) is 0. The van der Waals surface area contributed by atoms with Crippen molar-refractivity contribution in [2.24, 2.45) is 5.10 Å². The van der Waals surface area contributed by atoms with Gasteiger partial charge in [0, 0.05) is 27.8 Å². The summed E-state index contributed by atoms with van der Waals surface area (Å²) in [5, 5.41) is 8.21. The van der Waals surface area contributed by atoms with Gasteiger partial charge in [-0.15, -0.1) is 6.42 Å². The molecule has 2 aromatic carbocycles. The van der Waals surface area contributed by atoms with E-state index in [0.29, 0.717) is 6.54 Å². The number of hydrogen-bond donors (Lipinski definition) is 2. The standard InChI is InChI=1S/C21H20N4O/c1-3-13-25-16(2)19(18-11-7-8-12-20(18)25)14-23-24-21(26)15-22-17-9-5-4-6-10-17/h1,4-12,14,22H,13,15H2,2H3,(H,24,26)/b23-14-. The van der Waals surface area contributed by atoms with Crippen LogP contribution in [0.1, 0.15) is 11.3 Å². The molecule has 0 atom stereocenters. The highest BCUT2D eigenvalue weighted by atomic mass is 16.2. The molecule has 1 amide bonds. The van der Waals surface area contributed by atoms with E-state index in [1.807, 2.05) is 61.5 Å². The average Bonchev–Trinajstić information content (AvgIpc) is 2.93. The van der Waals surface area contributed by atoms with Crippen LogP contribution in [-0.4, -0.2) is 23.2 Å². The van der Waals surface area contributed by atoms with Gasteiger partial charge in [0.15, 0.2) is 0 Å². The predicted molar refractivity (Wildman–Crippen MR) is 106 cm³/mol. The van der Waals surface area contributed by atoms with Crippen molar-refractivity contribution in [1.82, 2.24) is 9.99 Å². The molecule has 0 fully saturated rings. The van der Waals surface area contributed by atoms with Crippen molar-refractivity contribution < 1.29 is 4.79 Å². The minimum atomic E-state index is -0.213. The number of hydrogen-bond acceptors (Lipinski definition) is 3. The quantitative estimate of drug-likeness (QED) is 0.410. The van der Waals surface area contributed by atoms with Crippen LogP contribution in [-0.2, 0) is 11.3 Å². The molecule has 0 aliphatic carbocycles. The normalized spacial score (nSPS) is 10.8. The molecule has 0 aliphatic heterocycles. The van der Waals surface area contributed by atoms with E-state index in [2.05, 4.69) is 26.3 Å². The van der Waals surface area contributed by atoms with Crippen LogP contribution in [0.4, 0.5) is 5.69 Å². The second-order valence-electron chi connectivity index (χ2n) is 5.82. The Morgan fingerprint density at radius 1 is 1.19 bits per heavy atom. The smallest absolute Gasteiger partial charge is 0.259 e. The van der Waals surface area contributed by atoms with Gasteiger partial charge in [-0.05, 0) is 25.1 Å². The lowest BCUT2D eigenvalue weighted by molar-refractivity contribution is -0.119. The van der Waals surface area contributed by atoms with Gasteiger partial charge in [0.2, 0.25) is 0 Å². The second kappa shape index (κ2) is 8.04. The van der Waals surface area contributed by atoms with Crippen LogP contribution in [0.5, 0.6) is 0 Å². The molecule has 2 N–H and O–H groups in total. The molecular formula is C21H20N4O. The predicted octanol–water partition coefficient (Wildman–Crippen LogP) is 3.15. The molecule has 130 valence electrons. The van der Waals surface area contributed by atoms with Gasteiger partial charge in [-0.3, -0.25) is 4.79 Å². The molecule has 26 heavy (non-hydrogen) atoms. The Balaban J connectivity index is 1.70. The van der Waals surface area contributed by atoms with Crippen LogP contribution in [0.25, 0.3) is 10.9 Å². The van der Waals surface area contributed by atoms with Crippen LogP contribution in [0, 0.1) is 19.3 Å². The maximum atomic E-state index is 11.9. The van der Waals surface area contributed by atoms with Crippen LogP contribution in [0.15, 0.2) is 59.7 Å². The summed E-state index contributed by atoms with van der Waals surface area (Å²) in [6, 6.07) is 17.6. The Labute approximate surface area is 152 Å². The summed E-state index contributed by atoms with van der Waals surface area (Å²) < 4.78 is 2.06. The monoisotopic (exact) mass is 344 g/mol. The summed E-state index contributed by atoms with van der Waals surface area (Å²) in [5.74, 6) is 2.46. The minimum absolute atomic E-state index is 0.152. The lowest BCUT2D eigenvalue weighted by Gasteiger charge is -2.04. The molecule has 0 radical (unpaired) electrons. The van der Waals surface area contributed by atoms with E-state index < -0.39 is 0 Å². The van der Waals surface area contributed by atoms with E-state index in [9.17, 15) is 4.79 Å². The summed E-state index contributed by atoms with van der Waals surface area (Å²) in [5.41, 5.74) is 6.47. The second-order valence-corrected chi connectivity index (χ2v) is 5.82. The number of aromatic nitrogens is 1. The number of benzene rings is 2. The van der Waals surface area contributed by atoms with Crippen molar-refractivity contribution in [2.75, 3.05) is 11.9 Å². The maximum absolute atomic E-state index is 11.9. The van der Waals surface area contributed by atoms with Gasteiger partial charge in [0.05, 0.1) is 19.3 Å². The van der Waals surface area contributed by atoms with Gasteiger partial charge in [0.25, 0.3) is 5.91 Å². The molecular weight excluding hydrogens is 324 g/mol. The number of anilines is 1. The highest BCUT2D eigenvalue weighted by Crippen LogP contribution is 2.24. The summed E-state index contributed by atoms with van der Waals surface area (Å²) in [4.78, 5) is 11.9. The topological polar surface area (TPSA) is 58.4 Å². The molecule has 0 spiro atoms. The zero-order valence-electron chi connectivity index (χ0n) is 14.6. The van der Waals surface area contributed by atoms with Crippen LogP contribution in [0.3, 0.4) is 0 Å². The van der Waals surface area contributed by atoms with Crippen LogP contribution >= 0.6 is 0 Å². The van der Waals surface area contributed by atoms with Crippen molar-refractivity contribution in [3.63, 3.8) is 0 Å². The maximum Gasteiger partial charge on any atom is 0.259 e. The molecule has 0 saturated heterocycles. The number of nitrogens with one attached hydrogen (secondary N) is 2. The molecule has 1 heterocycles. The van der Waals surface area contributed by atoms with E-state index in [1.54, 1.807) is 6.21 Å². The Kier molecular flexibility index (Phi) is 5.35. The Hall–Kier alpha value is -3.52. The molecule has 5 heteroatoms. The number of nitrogens with zero attached hydrogens (tertiary/aromatic N) is 2. The highest BCUT2D eigenvalue weighted by Gasteiger charge is 2.11. The number of amides is 1.